The van der Waals surface area contributed by atoms with Crippen molar-refractivity contribution in [2.75, 3.05) is 31.1 Å². The van der Waals surface area contributed by atoms with Crippen molar-refractivity contribution < 1.29 is 0 Å². The van der Waals surface area contributed by atoms with Crippen LogP contribution in [-0.2, 0) is 0 Å². The Labute approximate surface area is 108 Å². The standard InChI is InChI=1S/C12H18N4.ClH/c1-2-6-16(7-3-1)12-11(10-8-13-9-10)14-4-5-15-12;/h4-5,10,13H,1-3,6-9H2;1H. The van der Waals surface area contributed by atoms with Gasteiger partial charge in [0.15, 0.2) is 5.82 Å². The third kappa shape index (κ3) is 2.53. The lowest BCUT2D eigenvalue weighted by Gasteiger charge is -2.33. The smallest absolute Gasteiger partial charge is 0.150 e. The van der Waals surface area contributed by atoms with Crippen LogP contribution in [0.25, 0.3) is 0 Å². The molecule has 4 nitrogen and oxygen atoms in total. The first kappa shape index (κ1) is 12.6. The van der Waals surface area contributed by atoms with Gasteiger partial charge in [-0.25, -0.2) is 4.98 Å². The molecule has 0 bridgehead atoms. The topological polar surface area (TPSA) is 41.1 Å². The lowest BCUT2D eigenvalue weighted by Crippen LogP contribution is -2.42. The first-order chi connectivity index (χ1) is 7.95. The Morgan fingerprint density at radius 1 is 1.06 bits per heavy atom. The molecular formula is C12H19ClN4. The Hall–Kier alpha value is -0.870. The highest BCUT2D eigenvalue weighted by atomic mass is 35.5. The summed E-state index contributed by atoms with van der Waals surface area (Å²) in [6.45, 7) is 4.40. The van der Waals surface area contributed by atoms with Crippen molar-refractivity contribution >= 4 is 18.2 Å². The van der Waals surface area contributed by atoms with E-state index in [0.717, 1.165) is 32.0 Å². The number of hydrogen-bond acceptors (Lipinski definition) is 4. The zero-order valence-electron chi connectivity index (χ0n) is 9.93. The molecule has 5 heteroatoms. The van der Waals surface area contributed by atoms with E-state index in [1.807, 2.05) is 12.4 Å². The SMILES string of the molecule is Cl.c1cnc(N2CCCCC2)c(C2CNC2)n1. The number of aromatic nitrogens is 2. The summed E-state index contributed by atoms with van der Waals surface area (Å²) >= 11 is 0. The molecule has 2 aliphatic rings. The molecule has 2 saturated heterocycles. The van der Waals surface area contributed by atoms with Crippen molar-refractivity contribution in [3.05, 3.63) is 18.1 Å². The van der Waals surface area contributed by atoms with Gasteiger partial charge in [-0.3, -0.25) is 4.98 Å². The van der Waals surface area contributed by atoms with Crippen LogP contribution in [0.2, 0.25) is 0 Å². The highest BCUT2D eigenvalue weighted by Crippen LogP contribution is 2.27. The summed E-state index contributed by atoms with van der Waals surface area (Å²) in [7, 11) is 0. The van der Waals surface area contributed by atoms with Gasteiger partial charge in [-0.2, -0.15) is 0 Å². The van der Waals surface area contributed by atoms with Crippen LogP contribution in [0.4, 0.5) is 5.82 Å². The quantitative estimate of drug-likeness (QED) is 0.870. The van der Waals surface area contributed by atoms with Crippen molar-refractivity contribution in [3.8, 4) is 0 Å². The maximum atomic E-state index is 4.54. The summed E-state index contributed by atoms with van der Waals surface area (Å²) in [6, 6.07) is 0. The molecule has 1 aromatic rings. The van der Waals surface area contributed by atoms with E-state index in [-0.39, 0.29) is 12.4 Å². The van der Waals surface area contributed by atoms with Crippen LogP contribution < -0.4 is 10.2 Å². The van der Waals surface area contributed by atoms with E-state index in [1.165, 1.54) is 25.0 Å². The Balaban J connectivity index is 0.00000108. The van der Waals surface area contributed by atoms with Gasteiger partial charge in [0.1, 0.15) is 0 Å². The maximum absolute atomic E-state index is 4.54. The summed E-state index contributed by atoms with van der Waals surface area (Å²) in [6.07, 6.45) is 7.58. The number of rotatable bonds is 2. The molecule has 2 fully saturated rings. The summed E-state index contributed by atoms with van der Waals surface area (Å²) in [5.74, 6) is 1.71. The third-order valence-electron chi connectivity index (χ3n) is 3.53. The molecule has 0 amide bonds. The van der Waals surface area contributed by atoms with Crippen molar-refractivity contribution in [3.63, 3.8) is 0 Å². The Morgan fingerprint density at radius 2 is 1.76 bits per heavy atom. The van der Waals surface area contributed by atoms with Crippen molar-refractivity contribution in [2.24, 2.45) is 0 Å². The molecule has 0 saturated carbocycles. The second-order valence-electron chi connectivity index (χ2n) is 4.67. The minimum absolute atomic E-state index is 0. The first-order valence-electron chi connectivity index (χ1n) is 6.22. The molecule has 0 aliphatic carbocycles. The Kier molecular flexibility index (Phi) is 4.18. The predicted octanol–water partition coefficient (Wildman–Crippen LogP) is 1.58. The number of nitrogens with one attached hydrogen (secondary N) is 1. The van der Waals surface area contributed by atoms with Gasteiger partial charge >= 0.3 is 0 Å². The monoisotopic (exact) mass is 254 g/mol. The molecule has 0 unspecified atom stereocenters. The zero-order chi connectivity index (χ0) is 10.8. The summed E-state index contributed by atoms with van der Waals surface area (Å²) in [5.41, 5.74) is 1.20. The van der Waals surface area contributed by atoms with E-state index in [4.69, 9.17) is 0 Å². The lowest BCUT2D eigenvalue weighted by atomic mass is 9.98. The van der Waals surface area contributed by atoms with Gasteiger partial charge < -0.3 is 10.2 Å². The van der Waals surface area contributed by atoms with E-state index in [1.54, 1.807) is 0 Å². The fraction of sp³-hybridized carbons (Fsp3) is 0.667. The van der Waals surface area contributed by atoms with Crippen LogP contribution in [0.15, 0.2) is 12.4 Å². The van der Waals surface area contributed by atoms with Crippen LogP contribution in [0.3, 0.4) is 0 Å². The zero-order valence-corrected chi connectivity index (χ0v) is 10.7. The van der Waals surface area contributed by atoms with E-state index in [0.29, 0.717) is 5.92 Å². The van der Waals surface area contributed by atoms with Crippen LogP contribution in [0.1, 0.15) is 30.9 Å². The molecule has 0 atom stereocenters. The van der Waals surface area contributed by atoms with Crippen molar-refractivity contribution in [1.82, 2.24) is 15.3 Å². The van der Waals surface area contributed by atoms with Crippen LogP contribution in [-0.4, -0.2) is 36.1 Å². The number of hydrogen-bond donors (Lipinski definition) is 1. The fourth-order valence-electron chi connectivity index (χ4n) is 2.46. The Bertz CT molecular complexity index is 361. The Morgan fingerprint density at radius 3 is 2.41 bits per heavy atom. The molecule has 0 radical (unpaired) electrons. The van der Waals surface area contributed by atoms with E-state index < -0.39 is 0 Å². The number of piperidine rings is 1. The lowest BCUT2D eigenvalue weighted by molar-refractivity contribution is 0.436. The van der Waals surface area contributed by atoms with E-state index >= 15 is 0 Å². The van der Waals surface area contributed by atoms with Gasteiger partial charge in [0.05, 0.1) is 5.69 Å². The normalized spacial score (nSPS) is 20.6. The van der Waals surface area contributed by atoms with Crippen molar-refractivity contribution in [2.45, 2.75) is 25.2 Å². The summed E-state index contributed by atoms with van der Waals surface area (Å²) in [4.78, 5) is 11.5. The van der Waals surface area contributed by atoms with Crippen molar-refractivity contribution in [1.29, 1.82) is 0 Å². The molecule has 2 aliphatic heterocycles. The fourth-order valence-corrected chi connectivity index (χ4v) is 2.46. The van der Waals surface area contributed by atoms with Gasteiger partial charge in [0.25, 0.3) is 0 Å². The first-order valence-corrected chi connectivity index (χ1v) is 6.22. The van der Waals surface area contributed by atoms with Crippen LogP contribution in [0.5, 0.6) is 0 Å². The number of anilines is 1. The molecule has 3 rings (SSSR count). The highest BCUT2D eigenvalue weighted by Gasteiger charge is 2.26. The second kappa shape index (κ2) is 5.65. The molecule has 17 heavy (non-hydrogen) atoms. The maximum Gasteiger partial charge on any atom is 0.150 e. The number of nitrogens with zero attached hydrogens (tertiary/aromatic N) is 3. The molecule has 0 spiro atoms. The molecular weight excluding hydrogens is 236 g/mol. The van der Waals surface area contributed by atoms with Gasteiger partial charge in [0.2, 0.25) is 0 Å². The predicted molar refractivity (Wildman–Crippen MR) is 71.0 cm³/mol. The minimum Gasteiger partial charge on any atom is -0.355 e. The third-order valence-corrected chi connectivity index (χ3v) is 3.53. The molecule has 1 aromatic heterocycles. The van der Waals surface area contributed by atoms with Gasteiger partial charge in [-0.05, 0) is 19.3 Å². The number of halogens is 1. The second-order valence-corrected chi connectivity index (χ2v) is 4.67. The van der Waals surface area contributed by atoms with Crippen LogP contribution in [0, 0.1) is 0 Å². The van der Waals surface area contributed by atoms with E-state index in [2.05, 4.69) is 20.2 Å². The molecule has 1 N–H and O–H groups in total. The average molecular weight is 255 g/mol. The minimum atomic E-state index is 0. The largest absolute Gasteiger partial charge is 0.355 e. The molecule has 94 valence electrons. The van der Waals surface area contributed by atoms with Crippen LogP contribution >= 0.6 is 12.4 Å². The summed E-state index contributed by atoms with van der Waals surface area (Å²) in [5, 5.41) is 3.30. The molecule has 0 aromatic carbocycles. The van der Waals surface area contributed by atoms with Gasteiger partial charge in [-0.1, -0.05) is 0 Å². The summed E-state index contributed by atoms with van der Waals surface area (Å²) < 4.78 is 0. The average Bonchev–Trinajstić information content (AvgIpc) is 2.29. The highest BCUT2D eigenvalue weighted by molar-refractivity contribution is 5.85. The van der Waals surface area contributed by atoms with Gasteiger partial charge in [0, 0.05) is 44.5 Å². The molecule has 3 heterocycles. The van der Waals surface area contributed by atoms with E-state index in [9.17, 15) is 0 Å². The van der Waals surface area contributed by atoms with Gasteiger partial charge in [-0.15, -0.1) is 12.4 Å².